The Morgan fingerprint density at radius 3 is 1.69 bits per heavy atom. The minimum Gasteiger partial charge on any atom is -0.473 e. The van der Waals surface area contributed by atoms with Crippen LogP contribution in [0.3, 0.4) is 0 Å². The number of hydrogen-bond acceptors (Lipinski definition) is 8. The highest BCUT2D eigenvalue weighted by atomic mass is 35.5. The molecule has 1 aromatic heterocycles. The summed E-state index contributed by atoms with van der Waals surface area (Å²) in [5, 5.41) is 18.9. The molecule has 0 aliphatic carbocycles. The Kier molecular flexibility index (Phi) is 17.7. The highest BCUT2D eigenvalue weighted by Crippen LogP contribution is 2.21. The average molecular weight is 607 g/mol. The molecule has 0 bridgehead atoms. The molecule has 1 heterocycles. The maximum Gasteiger partial charge on any atom is 0.414 e. The van der Waals surface area contributed by atoms with Gasteiger partial charge in [-0.05, 0) is 97.7 Å². The number of aryl methyl sites for hydroxylation is 1. The summed E-state index contributed by atoms with van der Waals surface area (Å²) < 4.78 is 0. The molecule has 1 aromatic carbocycles. The monoisotopic (exact) mass is 606 g/mol. The third-order valence-electron chi connectivity index (χ3n) is 6.68. The Labute approximate surface area is 257 Å². The Balaban J connectivity index is 0.00000132. The summed E-state index contributed by atoms with van der Waals surface area (Å²) in [6, 6.07) is 10.9. The predicted molar refractivity (Wildman–Crippen MR) is 172 cm³/mol. The molecule has 0 aliphatic heterocycles. The molecule has 0 amide bonds. The SMILES string of the molecule is CCCN(CCCN(CCCN(CCC)C(C)C)c1cc(C)nc(Nc2ccc(Cl)cc2)n1)C(C)C.O=C(O)C(=O)O. The van der Waals surface area contributed by atoms with Gasteiger partial charge in [0.15, 0.2) is 0 Å². The van der Waals surface area contributed by atoms with Crippen molar-refractivity contribution in [2.75, 3.05) is 49.5 Å². The van der Waals surface area contributed by atoms with E-state index in [2.05, 4.69) is 72.6 Å². The van der Waals surface area contributed by atoms with Crippen LogP contribution in [0.25, 0.3) is 0 Å². The third kappa shape index (κ3) is 14.8. The second-order valence-corrected chi connectivity index (χ2v) is 11.3. The number of rotatable bonds is 17. The van der Waals surface area contributed by atoms with Crippen LogP contribution in [0.2, 0.25) is 5.02 Å². The number of nitrogens with one attached hydrogen (secondary N) is 1. The van der Waals surface area contributed by atoms with Gasteiger partial charge in [-0.3, -0.25) is 0 Å². The molecule has 0 aliphatic rings. The summed E-state index contributed by atoms with van der Waals surface area (Å²) in [5.74, 6) is -2.02. The molecule has 10 nitrogen and oxygen atoms in total. The van der Waals surface area contributed by atoms with Crippen molar-refractivity contribution in [2.45, 2.75) is 86.2 Å². The summed E-state index contributed by atoms with van der Waals surface area (Å²) in [7, 11) is 0. The second-order valence-electron chi connectivity index (χ2n) is 10.9. The molecule has 3 N–H and O–H groups in total. The Hall–Kier alpha value is -2.95. The zero-order valence-corrected chi connectivity index (χ0v) is 27.2. The topological polar surface area (TPSA) is 122 Å². The van der Waals surface area contributed by atoms with E-state index >= 15 is 0 Å². The number of carbonyl (C=O) groups is 2. The molecule has 0 saturated heterocycles. The van der Waals surface area contributed by atoms with E-state index in [0.29, 0.717) is 18.0 Å². The first kappa shape index (κ1) is 37.1. The van der Waals surface area contributed by atoms with Crippen LogP contribution < -0.4 is 10.2 Å². The maximum absolute atomic E-state index is 9.10. The lowest BCUT2D eigenvalue weighted by Gasteiger charge is -2.30. The largest absolute Gasteiger partial charge is 0.473 e. The minimum atomic E-state index is -1.82. The number of carboxylic acid groups (broad SMARTS) is 2. The van der Waals surface area contributed by atoms with Gasteiger partial charge in [-0.25, -0.2) is 14.6 Å². The molecule has 0 spiro atoms. The molecule has 0 fully saturated rings. The van der Waals surface area contributed by atoms with Crippen molar-refractivity contribution in [1.29, 1.82) is 0 Å². The molecule has 11 heteroatoms. The van der Waals surface area contributed by atoms with E-state index in [1.807, 2.05) is 31.2 Å². The molecular formula is C31H51ClN6O4. The molecule has 0 unspecified atom stereocenters. The lowest BCUT2D eigenvalue weighted by Crippen LogP contribution is -2.37. The van der Waals surface area contributed by atoms with Crippen molar-refractivity contribution in [3.8, 4) is 0 Å². The molecular weight excluding hydrogens is 556 g/mol. The molecule has 0 atom stereocenters. The standard InChI is InChI=1S/C29H49ClN6.C2H2O4/c1-8-16-34(23(3)4)18-10-20-36(21-11-19-35(17-9-2)24(5)6)28-22-25(7)31-29(33-28)32-27-14-12-26(30)13-15-27;3-1(4)2(5)6/h12-15,22-24H,8-11,16-21H2,1-7H3,(H,31,32,33);(H,3,4)(H,5,6). The van der Waals surface area contributed by atoms with Crippen molar-refractivity contribution in [2.24, 2.45) is 0 Å². The molecule has 0 radical (unpaired) electrons. The van der Waals surface area contributed by atoms with Gasteiger partial charge < -0.3 is 30.2 Å². The minimum absolute atomic E-state index is 0.573. The Morgan fingerprint density at radius 1 is 0.810 bits per heavy atom. The van der Waals surface area contributed by atoms with Crippen LogP contribution in [-0.2, 0) is 9.59 Å². The smallest absolute Gasteiger partial charge is 0.414 e. The number of aliphatic carboxylic acids is 2. The molecule has 236 valence electrons. The summed E-state index contributed by atoms with van der Waals surface area (Å²) in [5.41, 5.74) is 1.90. The Morgan fingerprint density at radius 2 is 1.29 bits per heavy atom. The number of carboxylic acids is 2. The van der Waals surface area contributed by atoms with E-state index in [-0.39, 0.29) is 0 Å². The van der Waals surface area contributed by atoms with Gasteiger partial charge >= 0.3 is 11.9 Å². The fraction of sp³-hybridized carbons (Fsp3) is 0.613. The summed E-state index contributed by atoms with van der Waals surface area (Å²) in [6.45, 7) is 22.2. The van der Waals surface area contributed by atoms with Crippen LogP contribution in [-0.4, -0.2) is 93.3 Å². The van der Waals surface area contributed by atoms with Crippen LogP contribution >= 0.6 is 11.6 Å². The van der Waals surface area contributed by atoms with Crippen molar-refractivity contribution >= 4 is 41.0 Å². The number of aromatic nitrogens is 2. The molecule has 0 saturated carbocycles. The van der Waals surface area contributed by atoms with Gasteiger partial charge in [0.1, 0.15) is 5.82 Å². The van der Waals surface area contributed by atoms with E-state index in [4.69, 9.17) is 36.4 Å². The predicted octanol–water partition coefficient (Wildman–Crippen LogP) is 6.17. The van der Waals surface area contributed by atoms with Gasteiger partial charge in [0.25, 0.3) is 0 Å². The lowest BCUT2D eigenvalue weighted by atomic mass is 10.2. The fourth-order valence-electron chi connectivity index (χ4n) is 4.53. The molecule has 42 heavy (non-hydrogen) atoms. The first-order valence-corrected chi connectivity index (χ1v) is 15.3. The normalized spacial score (nSPS) is 11.1. The highest BCUT2D eigenvalue weighted by molar-refractivity contribution is 6.30. The quantitative estimate of drug-likeness (QED) is 0.180. The van der Waals surface area contributed by atoms with E-state index in [1.54, 1.807) is 0 Å². The summed E-state index contributed by atoms with van der Waals surface area (Å²) >= 11 is 6.05. The van der Waals surface area contributed by atoms with Crippen molar-refractivity contribution < 1.29 is 19.8 Å². The molecule has 2 aromatic rings. The first-order valence-electron chi connectivity index (χ1n) is 14.9. The highest BCUT2D eigenvalue weighted by Gasteiger charge is 2.15. The van der Waals surface area contributed by atoms with Crippen molar-refractivity contribution in [3.63, 3.8) is 0 Å². The van der Waals surface area contributed by atoms with Gasteiger partial charge in [-0.1, -0.05) is 25.4 Å². The summed E-state index contributed by atoms with van der Waals surface area (Å²) in [4.78, 5) is 35.4. The second kappa shape index (κ2) is 20.0. The number of halogens is 1. The van der Waals surface area contributed by atoms with Crippen molar-refractivity contribution in [1.82, 2.24) is 19.8 Å². The number of benzene rings is 1. The van der Waals surface area contributed by atoms with Gasteiger partial charge in [-0.2, -0.15) is 4.98 Å². The zero-order chi connectivity index (χ0) is 31.7. The van der Waals surface area contributed by atoms with Crippen LogP contribution in [0.1, 0.15) is 72.9 Å². The first-order chi connectivity index (χ1) is 19.9. The van der Waals surface area contributed by atoms with E-state index in [9.17, 15) is 0 Å². The van der Waals surface area contributed by atoms with Gasteiger partial charge in [0.05, 0.1) is 0 Å². The Bertz CT molecular complexity index is 1030. The third-order valence-corrected chi connectivity index (χ3v) is 6.93. The van der Waals surface area contributed by atoms with Crippen molar-refractivity contribution in [3.05, 3.63) is 41.0 Å². The summed E-state index contributed by atoms with van der Waals surface area (Å²) in [6.07, 6.45) is 4.61. The van der Waals surface area contributed by atoms with E-state index in [0.717, 1.165) is 74.3 Å². The van der Waals surface area contributed by atoms with Gasteiger partial charge in [0, 0.05) is 60.7 Å². The van der Waals surface area contributed by atoms with Crippen LogP contribution in [0.5, 0.6) is 0 Å². The number of anilines is 3. The average Bonchev–Trinajstić information content (AvgIpc) is 2.92. The zero-order valence-electron chi connectivity index (χ0n) is 26.4. The van der Waals surface area contributed by atoms with E-state index in [1.165, 1.54) is 12.8 Å². The van der Waals surface area contributed by atoms with E-state index < -0.39 is 11.9 Å². The van der Waals surface area contributed by atoms with Crippen LogP contribution in [0.4, 0.5) is 17.5 Å². The fourth-order valence-corrected chi connectivity index (χ4v) is 4.66. The molecule has 2 rings (SSSR count). The van der Waals surface area contributed by atoms with Crippen LogP contribution in [0.15, 0.2) is 30.3 Å². The van der Waals surface area contributed by atoms with Gasteiger partial charge in [-0.15, -0.1) is 0 Å². The number of nitrogens with zero attached hydrogens (tertiary/aromatic N) is 5. The maximum atomic E-state index is 9.10. The van der Waals surface area contributed by atoms with Crippen LogP contribution in [0, 0.1) is 6.92 Å². The number of hydrogen-bond donors (Lipinski definition) is 3. The lowest BCUT2D eigenvalue weighted by molar-refractivity contribution is -0.159. The van der Waals surface area contributed by atoms with Gasteiger partial charge in [0.2, 0.25) is 5.95 Å².